The Labute approximate surface area is 78.0 Å². The van der Waals surface area contributed by atoms with E-state index in [1.54, 1.807) is 12.1 Å². The summed E-state index contributed by atoms with van der Waals surface area (Å²) in [5, 5.41) is 3.34. The van der Waals surface area contributed by atoms with Crippen LogP contribution in [-0.4, -0.2) is 13.1 Å². The zero-order chi connectivity index (χ0) is 9.26. The molecule has 1 heterocycles. The molecule has 1 nitrogen and oxygen atoms in total. The topological polar surface area (TPSA) is 12.0 Å². The monoisotopic (exact) mass is 179 g/mol. The van der Waals surface area contributed by atoms with Crippen LogP contribution in [0.2, 0.25) is 0 Å². The van der Waals surface area contributed by atoms with Gasteiger partial charge in [0.05, 0.1) is 0 Å². The fourth-order valence-electron chi connectivity index (χ4n) is 1.97. The maximum Gasteiger partial charge on any atom is 0.123 e. The van der Waals surface area contributed by atoms with Crippen LogP contribution in [0.15, 0.2) is 24.3 Å². The fourth-order valence-corrected chi connectivity index (χ4v) is 1.97. The smallest absolute Gasteiger partial charge is 0.123 e. The summed E-state index contributed by atoms with van der Waals surface area (Å²) in [6.45, 7) is 4.32. The Balaban J connectivity index is 2.20. The molecule has 2 rings (SSSR count). The zero-order valence-electron chi connectivity index (χ0n) is 7.76. The molecule has 1 aliphatic heterocycles. The van der Waals surface area contributed by atoms with E-state index >= 15 is 0 Å². The molecule has 1 aliphatic rings. The van der Waals surface area contributed by atoms with Crippen molar-refractivity contribution >= 4 is 0 Å². The average Bonchev–Trinajstić information content (AvgIpc) is 2.53. The van der Waals surface area contributed by atoms with Crippen molar-refractivity contribution < 1.29 is 4.39 Å². The summed E-state index contributed by atoms with van der Waals surface area (Å²) in [7, 11) is 0. The minimum Gasteiger partial charge on any atom is -0.316 e. The van der Waals surface area contributed by atoms with Gasteiger partial charge in [-0.3, -0.25) is 0 Å². The van der Waals surface area contributed by atoms with Crippen molar-refractivity contribution in [1.29, 1.82) is 0 Å². The molecule has 0 aromatic heterocycles. The van der Waals surface area contributed by atoms with Crippen LogP contribution >= 0.6 is 0 Å². The molecule has 0 amide bonds. The third-order valence-corrected chi connectivity index (χ3v) is 2.82. The van der Waals surface area contributed by atoms with Gasteiger partial charge < -0.3 is 5.32 Å². The maximum absolute atomic E-state index is 12.7. The Morgan fingerprint density at radius 2 is 1.92 bits per heavy atom. The Bertz CT molecular complexity index is 281. The van der Waals surface area contributed by atoms with Crippen LogP contribution in [0.3, 0.4) is 0 Å². The number of hydrogen-bond acceptors (Lipinski definition) is 1. The van der Waals surface area contributed by atoms with Crippen molar-refractivity contribution in [3.8, 4) is 0 Å². The highest BCUT2D eigenvalue weighted by molar-refractivity contribution is 5.22. The van der Waals surface area contributed by atoms with Gasteiger partial charge in [-0.2, -0.15) is 0 Å². The first-order valence-corrected chi connectivity index (χ1v) is 4.73. The fraction of sp³-hybridized carbons (Fsp3) is 0.455. The molecule has 2 unspecified atom stereocenters. The second kappa shape index (κ2) is 3.46. The molecule has 1 fully saturated rings. The summed E-state index contributed by atoms with van der Waals surface area (Å²) < 4.78 is 12.7. The van der Waals surface area contributed by atoms with Gasteiger partial charge >= 0.3 is 0 Å². The molecule has 0 bridgehead atoms. The first kappa shape index (κ1) is 8.70. The summed E-state index contributed by atoms with van der Waals surface area (Å²) in [6, 6.07) is 6.87. The molecule has 1 aromatic carbocycles. The van der Waals surface area contributed by atoms with E-state index in [2.05, 4.69) is 12.2 Å². The van der Waals surface area contributed by atoms with Gasteiger partial charge in [-0.15, -0.1) is 0 Å². The third-order valence-electron chi connectivity index (χ3n) is 2.82. The van der Waals surface area contributed by atoms with E-state index in [1.807, 2.05) is 12.1 Å². The van der Waals surface area contributed by atoms with Gasteiger partial charge in [0.15, 0.2) is 0 Å². The van der Waals surface area contributed by atoms with Crippen molar-refractivity contribution in [1.82, 2.24) is 5.32 Å². The lowest BCUT2D eigenvalue weighted by molar-refractivity contribution is 0.569. The highest BCUT2D eigenvalue weighted by Gasteiger charge is 2.24. The number of halogens is 1. The lowest BCUT2D eigenvalue weighted by Crippen LogP contribution is -2.07. The van der Waals surface area contributed by atoms with Crippen molar-refractivity contribution in [2.45, 2.75) is 12.8 Å². The van der Waals surface area contributed by atoms with Crippen LogP contribution in [0.5, 0.6) is 0 Å². The van der Waals surface area contributed by atoms with Crippen LogP contribution < -0.4 is 5.32 Å². The van der Waals surface area contributed by atoms with Gasteiger partial charge in [0.1, 0.15) is 5.82 Å². The maximum atomic E-state index is 12.7. The van der Waals surface area contributed by atoms with Crippen LogP contribution in [0.25, 0.3) is 0 Å². The summed E-state index contributed by atoms with van der Waals surface area (Å²) in [5.74, 6) is 1.06. The van der Waals surface area contributed by atoms with Crippen LogP contribution in [-0.2, 0) is 0 Å². The van der Waals surface area contributed by atoms with Gasteiger partial charge in [0.2, 0.25) is 0 Å². The van der Waals surface area contributed by atoms with Gasteiger partial charge in [0.25, 0.3) is 0 Å². The lowest BCUT2D eigenvalue weighted by atomic mass is 9.90. The van der Waals surface area contributed by atoms with E-state index in [4.69, 9.17) is 0 Å². The molecule has 1 saturated heterocycles. The van der Waals surface area contributed by atoms with Crippen molar-refractivity contribution in [2.75, 3.05) is 13.1 Å². The Morgan fingerprint density at radius 3 is 2.46 bits per heavy atom. The second-order valence-corrected chi connectivity index (χ2v) is 3.79. The summed E-state index contributed by atoms with van der Waals surface area (Å²) in [6.07, 6.45) is 0. The zero-order valence-corrected chi connectivity index (χ0v) is 7.76. The van der Waals surface area contributed by atoms with E-state index in [0.29, 0.717) is 11.8 Å². The number of rotatable bonds is 1. The molecule has 70 valence electrons. The van der Waals surface area contributed by atoms with E-state index in [1.165, 1.54) is 5.56 Å². The number of nitrogens with one attached hydrogen (secondary N) is 1. The van der Waals surface area contributed by atoms with Gasteiger partial charge in [0, 0.05) is 12.5 Å². The highest BCUT2D eigenvalue weighted by atomic mass is 19.1. The molecule has 13 heavy (non-hydrogen) atoms. The summed E-state index contributed by atoms with van der Waals surface area (Å²) in [4.78, 5) is 0. The average molecular weight is 179 g/mol. The minimum atomic E-state index is -0.151. The van der Waals surface area contributed by atoms with Gasteiger partial charge in [-0.1, -0.05) is 19.1 Å². The molecule has 0 aliphatic carbocycles. The predicted molar refractivity (Wildman–Crippen MR) is 51.2 cm³/mol. The lowest BCUT2D eigenvalue weighted by Gasteiger charge is -2.13. The standard InChI is InChI=1S/C11H14FN/c1-8-6-13-7-11(8)9-2-4-10(12)5-3-9/h2-5,8,11,13H,6-7H2,1H3. The van der Waals surface area contributed by atoms with E-state index in [-0.39, 0.29) is 5.82 Å². The summed E-state index contributed by atoms with van der Waals surface area (Å²) >= 11 is 0. The number of hydrogen-bond donors (Lipinski definition) is 1. The molecule has 2 heteroatoms. The third kappa shape index (κ3) is 1.73. The van der Waals surface area contributed by atoms with E-state index < -0.39 is 0 Å². The molecular formula is C11H14FN. The van der Waals surface area contributed by atoms with Crippen molar-refractivity contribution in [2.24, 2.45) is 5.92 Å². The Kier molecular flexibility index (Phi) is 2.32. The first-order valence-electron chi connectivity index (χ1n) is 4.73. The Hall–Kier alpha value is -0.890. The minimum absolute atomic E-state index is 0.151. The van der Waals surface area contributed by atoms with Crippen molar-refractivity contribution in [3.05, 3.63) is 35.6 Å². The molecular weight excluding hydrogens is 165 g/mol. The number of benzene rings is 1. The quantitative estimate of drug-likeness (QED) is 0.696. The predicted octanol–water partition coefficient (Wildman–Crippen LogP) is 2.15. The summed E-state index contributed by atoms with van der Waals surface area (Å²) in [5.41, 5.74) is 1.25. The molecule has 0 spiro atoms. The molecule has 2 atom stereocenters. The van der Waals surface area contributed by atoms with E-state index in [9.17, 15) is 4.39 Å². The van der Waals surface area contributed by atoms with Gasteiger partial charge in [-0.05, 0) is 30.2 Å². The largest absolute Gasteiger partial charge is 0.316 e. The van der Waals surface area contributed by atoms with Gasteiger partial charge in [-0.25, -0.2) is 4.39 Å². The molecule has 0 saturated carbocycles. The van der Waals surface area contributed by atoms with Crippen LogP contribution in [0.1, 0.15) is 18.4 Å². The first-order chi connectivity index (χ1) is 6.27. The highest BCUT2D eigenvalue weighted by Crippen LogP contribution is 2.27. The Morgan fingerprint density at radius 1 is 1.23 bits per heavy atom. The molecule has 0 radical (unpaired) electrons. The van der Waals surface area contributed by atoms with E-state index in [0.717, 1.165) is 13.1 Å². The van der Waals surface area contributed by atoms with Crippen LogP contribution in [0, 0.1) is 11.7 Å². The second-order valence-electron chi connectivity index (χ2n) is 3.79. The van der Waals surface area contributed by atoms with Crippen LogP contribution in [0.4, 0.5) is 4.39 Å². The molecule has 1 N–H and O–H groups in total. The SMILES string of the molecule is CC1CNCC1c1ccc(F)cc1. The normalized spacial score (nSPS) is 27.8. The molecule has 1 aromatic rings. The van der Waals surface area contributed by atoms with Crippen molar-refractivity contribution in [3.63, 3.8) is 0 Å².